The van der Waals surface area contributed by atoms with Gasteiger partial charge < -0.3 is 15.5 Å². The van der Waals surface area contributed by atoms with E-state index in [4.69, 9.17) is 10.2 Å². The van der Waals surface area contributed by atoms with Gasteiger partial charge in [0.05, 0.1) is 0 Å². The molecule has 4 heteroatoms. The fourth-order valence-corrected chi connectivity index (χ4v) is 2.48. The summed E-state index contributed by atoms with van der Waals surface area (Å²) in [5.41, 5.74) is 9.56. The van der Waals surface area contributed by atoms with Gasteiger partial charge in [-0.15, -0.1) is 0 Å². The third-order valence-corrected chi connectivity index (χ3v) is 3.52. The molecule has 3 rings (SSSR count). The lowest BCUT2D eigenvalue weighted by atomic mass is 9.97. The molecular weight excluding hydrogens is 238 g/mol. The molecule has 100 valence electrons. The van der Waals surface area contributed by atoms with Crippen LogP contribution in [0.2, 0.25) is 0 Å². The zero-order valence-corrected chi connectivity index (χ0v) is 11.0. The van der Waals surface area contributed by atoms with E-state index in [9.17, 15) is 0 Å². The Hall–Kier alpha value is -1.97. The number of anilines is 2. The van der Waals surface area contributed by atoms with Gasteiger partial charge in [0, 0.05) is 12.2 Å². The zero-order valence-electron chi connectivity index (χ0n) is 11.0. The Morgan fingerprint density at radius 3 is 3.11 bits per heavy atom. The minimum Gasteiger partial charge on any atom is -0.424 e. The van der Waals surface area contributed by atoms with Crippen molar-refractivity contribution in [2.75, 3.05) is 17.6 Å². The van der Waals surface area contributed by atoms with E-state index in [1.807, 2.05) is 18.2 Å². The lowest BCUT2D eigenvalue weighted by molar-refractivity contribution is 0.612. The summed E-state index contributed by atoms with van der Waals surface area (Å²) in [6, 6.07) is 6.08. The monoisotopic (exact) mass is 257 g/mol. The van der Waals surface area contributed by atoms with Crippen LogP contribution in [0.15, 0.2) is 34.3 Å². The van der Waals surface area contributed by atoms with Gasteiger partial charge in [-0.05, 0) is 50.3 Å². The van der Waals surface area contributed by atoms with Crippen LogP contribution in [0.3, 0.4) is 0 Å². The van der Waals surface area contributed by atoms with E-state index in [0.717, 1.165) is 24.1 Å². The molecule has 0 saturated heterocycles. The molecule has 19 heavy (non-hydrogen) atoms. The molecular formula is C15H19N3O. The van der Waals surface area contributed by atoms with Crippen LogP contribution in [-0.2, 0) is 0 Å². The van der Waals surface area contributed by atoms with Gasteiger partial charge in [0.15, 0.2) is 5.58 Å². The van der Waals surface area contributed by atoms with Crippen LogP contribution >= 0.6 is 0 Å². The molecule has 0 saturated carbocycles. The fraction of sp³-hybridized carbons (Fsp3) is 0.400. The van der Waals surface area contributed by atoms with Gasteiger partial charge in [0.1, 0.15) is 5.52 Å². The minimum absolute atomic E-state index is 0.581. The van der Waals surface area contributed by atoms with Crippen LogP contribution in [0.1, 0.15) is 32.1 Å². The van der Waals surface area contributed by atoms with Crippen LogP contribution in [0, 0.1) is 0 Å². The zero-order chi connectivity index (χ0) is 13.1. The average molecular weight is 257 g/mol. The van der Waals surface area contributed by atoms with Crippen molar-refractivity contribution in [3.63, 3.8) is 0 Å². The normalized spacial score (nSPS) is 15.5. The summed E-state index contributed by atoms with van der Waals surface area (Å²) in [6.45, 7) is 0.869. The van der Waals surface area contributed by atoms with Gasteiger partial charge in [-0.3, -0.25) is 0 Å². The number of nitrogen functional groups attached to an aromatic ring is 1. The fourth-order valence-electron chi connectivity index (χ4n) is 2.48. The van der Waals surface area contributed by atoms with E-state index in [0.29, 0.717) is 11.7 Å². The van der Waals surface area contributed by atoms with Crippen molar-refractivity contribution in [1.82, 2.24) is 4.98 Å². The van der Waals surface area contributed by atoms with Gasteiger partial charge in [-0.1, -0.05) is 11.6 Å². The second kappa shape index (κ2) is 5.34. The molecule has 4 nitrogen and oxygen atoms in total. The van der Waals surface area contributed by atoms with Crippen LogP contribution in [0.5, 0.6) is 0 Å². The van der Waals surface area contributed by atoms with Gasteiger partial charge >= 0.3 is 0 Å². The molecule has 0 atom stereocenters. The number of hydrogen-bond acceptors (Lipinski definition) is 4. The van der Waals surface area contributed by atoms with E-state index >= 15 is 0 Å². The number of aromatic nitrogens is 1. The summed E-state index contributed by atoms with van der Waals surface area (Å²) in [5, 5.41) is 3.24. The number of benzene rings is 1. The molecule has 3 N–H and O–H groups in total. The number of nitrogens with one attached hydrogen (secondary N) is 1. The Bertz CT molecular complexity index is 600. The highest BCUT2D eigenvalue weighted by Crippen LogP contribution is 2.22. The lowest BCUT2D eigenvalue weighted by Gasteiger charge is -2.12. The SMILES string of the molecule is Nc1ccc2oc(NCCC3=CCCCC3)nc2c1. The van der Waals surface area contributed by atoms with Crippen molar-refractivity contribution in [2.24, 2.45) is 0 Å². The summed E-state index contributed by atoms with van der Waals surface area (Å²) < 4.78 is 5.62. The molecule has 0 spiro atoms. The highest BCUT2D eigenvalue weighted by Gasteiger charge is 2.07. The molecule has 2 aromatic rings. The summed E-state index contributed by atoms with van der Waals surface area (Å²) in [7, 11) is 0. The number of oxazole rings is 1. The van der Waals surface area contributed by atoms with Crippen molar-refractivity contribution >= 4 is 22.8 Å². The van der Waals surface area contributed by atoms with Gasteiger partial charge in [-0.25, -0.2) is 0 Å². The summed E-state index contributed by atoms with van der Waals surface area (Å²) in [4.78, 5) is 4.38. The van der Waals surface area contributed by atoms with Gasteiger partial charge in [0.25, 0.3) is 6.01 Å². The Morgan fingerprint density at radius 2 is 2.26 bits per heavy atom. The third kappa shape index (κ3) is 2.89. The molecule has 1 heterocycles. The van der Waals surface area contributed by atoms with Gasteiger partial charge in [-0.2, -0.15) is 4.98 Å². The quantitative estimate of drug-likeness (QED) is 0.647. The molecule has 0 unspecified atom stereocenters. The largest absolute Gasteiger partial charge is 0.424 e. The maximum absolute atomic E-state index is 5.72. The second-order valence-corrected chi connectivity index (χ2v) is 5.03. The molecule has 0 amide bonds. The van der Waals surface area contributed by atoms with Gasteiger partial charge in [0.2, 0.25) is 0 Å². The Balaban J connectivity index is 1.60. The van der Waals surface area contributed by atoms with E-state index in [1.54, 1.807) is 5.57 Å². The van der Waals surface area contributed by atoms with Crippen LogP contribution in [0.25, 0.3) is 11.1 Å². The number of nitrogens with zero attached hydrogens (tertiary/aromatic N) is 1. The number of rotatable bonds is 4. The Morgan fingerprint density at radius 1 is 1.32 bits per heavy atom. The molecule has 0 aliphatic heterocycles. The van der Waals surface area contributed by atoms with Crippen molar-refractivity contribution in [1.29, 1.82) is 0 Å². The summed E-state index contributed by atoms with van der Waals surface area (Å²) in [5.74, 6) is 0. The molecule has 1 aliphatic rings. The summed E-state index contributed by atoms with van der Waals surface area (Å²) in [6.07, 6.45) is 8.58. The first-order valence-electron chi connectivity index (χ1n) is 6.89. The highest BCUT2D eigenvalue weighted by molar-refractivity contribution is 5.78. The van der Waals surface area contributed by atoms with E-state index in [-0.39, 0.29) is 0 Å². The first-order valence-corrected chi connectivity index (χ1v) is 6.89. The standard InChI is InChI=1S/C15H19N3O/c16-12-6-7-14-13(10-12)18-15(19-14)17-9-8-11-4-2-1-3-5-11/h4,6-7,10H,1-3,5,8-9,16H2,(H,17,18). The summed E-state index contributed by atoms with van der Waals surface area (Å²) >= 11 is 0. The van der Waals surface area contributed by atoms with Crippen molar-refractivity contribution in [3.8, 4) is 0 Å². The lowest BCUT2D eigenvalue weighted by Crippen LogP contribution is -2.04. The molecule has 1 aliphatic carbocycles. The molecule has 1 aromatic heterocycles. The van der Waals surface area contributed by atoms with E-state index in [2.05, 4.69) is 16.4 Å². The van der Waals surface area contributed by atoms with E-state index in [1.165, 1.54) is 25.7 Å². The van der Waals surface area contributed by atoms with Crippen molar-refractivity contribution in [3.05, 3.63) is 29.8 Å². The second-order valence-electron chi connectivity index (χ2n) is 5.03. The smallest absolute Gasteiger partial charge is 0.295 e. The molecule has 1 aromatic carbocycles. The molecule has 0 bridgehead atoms. The number of fused-ring (bicyclic) bond motifs is 1. The van der Waals surface area contributed by atoms with Crippen LogP contribution in [-0.4, -0.2) is 11.5 Å². The Kier molecular flexibility index (Phi) is 3.40. The third-order valence-electron chi connectivity index (χ3n) is 3.52. The number of hydrogen-bond donors (Lipinski definition) is 2. The topological polar surface area (TPSA) is 64.1 Å². The van der Waals surface area contributed by atoms with Crippen molar-refractivity contribution in [2.45, 2.75) is 32.1 Å². The number of allylic oxidation sites excluding steroid dienone is 1. The van der Waals surface area contributed by atoms with Crippen molar-refractivity contribution < 1.29 is 4.42 Å². The molecule has 0 radical (unpaired) electrons. The van der Waals surface area contributed by atoms with Crippen LogP contribution in [0.4, 0.5) is 11.7 Å². The maximum Gasteiger partial charge on any atom is 0.295 e. The highest BCUT2D eigenvalue weighted by atomic mass is 16.4. The van der Waals surface area contributed by atoms with Crippen LogP contribution < -0.4 is 11.1 Å². The predicted molar refractivity (Wildman–Crippen MR) is 78.1 cm³/mol. The average Bonchev–Trinajstić information content (AvgIpc) is 2.82. The first-order chi connectivity index (χ1) is 9.31. The Labute approximate surface area is 112 Å². The maximum atomic E-state index is 5.72. The first kappa shape index (κ1) is 12.1. The number of nitrogens with two attached hydrogens (primary N) is 1. The predicted octanol–water partition coefficient (Wildman–Crippen LogP) is 3.71. The minimum atomic E-state index is 0.581. The molecule has 0 fully saturated rings. The van der Waals surface area contributed by atoms with E-state index < -0.39 is 0 Å².